The summed E-state index contributed by atoms with van der Waals surface area (Å²) in [5.41, 5.74) is 0. The molecule has 0 aliphatic heterocycles. The molecule has 0 bridgehead atoms. The Morgan fingerprint density at radius 3 is 2.20 bits per heavy atom. The highest BCUT2D eigenvalue weighted by atomic mass is 32.3. The Kier molecular flexibility index (Phi) is 3.37. The maximum absolute atomic E-state index is 11.0. The van der Waals surface area contributed by atoms with Crippen molar-refractivity contribution in [2.75, 3.05) is 5.94 Å². The Bertz CT molecular complexity index is 495. The van der Waals surface area contributed by atoms with Gasteiger partial charge in [-0.05, 0) is 0 Å². The fourth-order valence-corrected chi connectivity index (χ4v) is 3.19. The van der Waals surface area contributed by atoms with Crippen LogP contribution in [0, 0.1) is 0 Å². The van der Waals surface area contributed by atoms with Gasteiger partial charge in [-0.15, -0.1) is 10.2 Å². The number of rotatable bonds is 4. The lowest BCUT2D eigenvalue weighted by molar-refractivity contribution is 0.242. The molecule has 0 saturated heterocycles. The van der Waals surface area contributed by atoms with Crippen molar-refractivity contribution in [3.63, 3.8) is 0 Å². The number of nitrogens with zero attached hydrogens (tertiary/aromatic N) is 2. The van der Waals surface area contributed by atoms with Crippen LogP contribution in [-0.2, 0) is 19.9 Å². The fraction of sp³-hybridized carbons (Fsp3) is 0.333. The molecular formula is C3H5N3O6S3. The van der Waals surface area contributed by atoms with E-state index < -0.39 is 34.5 Å². The third-order valence-corrected chi connectivity index (χ3v) is 5.34. The van der Waals surface area contributed by atoms with E-state index in [0.29, 0.717) is 0 Å². The second kappa shape index (κ2) is 4.07. The van der Waals surface area contributed by atoms with Gasteiger partial charge in [0.2, 0.25) is 14.2 Å². The van der Waals surface area contributed by atoms with E-state index in [9.17, 15) is 16.8 Å². The third-order valence-electron chi connectivity index (χ3n) is 1.17. The lowest BCUT2D eigenvalue weighted by Gasteiger charge is -1.92. The zero-order chi connectivity index (χ0) is 11.7. The summed E-state index contributed by atoms with van der Waals surface area (Å²) in [5, 5.41) is 22.8. The van der Waals surface area contributed by atoms with Gasteiger partial charge in [0.05, 0.1) is 0 Å². The first-order chi connectivity index (χ1) is 6.83. The minimum absolute atomic E-state index is 0.215. The fourth-order valence-electron chi connectivity index (χ4n) is 0.526. The van der Waals surface area contributed by atoms with Crippen molar-refractivity contribution in [3.05, 3.63) is 0 Å². The average Bonchev–Trinajstić information content (AvgIpc) is 2.67. The summed E-state index contributed by atoms with van der Waals surface area (Å²) in [6.45, 7) is 0. The Hall–Kier alpha value is -0.660. The summed E-state index contributed by atoms with van der Waals surface area (Å²) in [6.07, 6.45) is 0. The number of hydrogen-bond donors (Lipinski definition) is 3. The van der Waals surface area contributed by atoms with Gasteiger partial charge < -0.3 is 10.3 Å². The van der Waals surface area contributed by atoms with Gasteiger partial charge in [-0.3, -0.25) is 0 Å². The maximum atomic E-state index is 11.0. The summed E-state index contributed by atoms with van der Waals surface area (Å²) in [6, 6.07) is 0. The highest BCUT2D eigenvalue weighted by Gasteiger charge is 2.25. The zero-order valence-electron chi connectivity index (χ0n) is 6.85. The predicted molar refractivity (Wildman–Crippen MR) is 46.3 cm³/mol. The Morgan fingerprint density at radius 2 is 1.73 bits per heavy atom. The largest absolute Gasteiger partial charge is 0.380 e. The number of sulfone groups is 1. The minimum Gasteiger partial charge on any atom is -0.380 e. The molecule has 0 unspecified atom stereocenters. The van der Waals surface area contributed by atoms with E-state index in [1.165, 1.54) is 0 Å². The molecule has 3 N–H and O–H groups in total. The first-order valence-corrected chi connectivity index (χ1v) is 7.11. The molecule has 1 aromatic rings. The first kappa shape index (κ1) is 12.4. The van der Waals surface area contributed by atoms with Gasteiger partial charge in [0, 0.05) is 0 Å². The Balaban J connectivity index is 3.23. The molecule has 0 aromatic carbocycles. The number of aromatic nitrogens is 2. The molecule has 0 saturated carbocycles. The van der Waals surface area contributed by atoms with Crippen LogP contribution in [0.5, 0.6) is 0 Å². The van der Waals surface area contributed by atoms with Gasteiger partial charge in [-0.25, -0.2) is 16.8 Å². The van der Waals surface area contributed by atoms with E-state index in [2.05, 4.69) is 10.2 Å². The average molecular weight is 275 g/mol. The normalized spacial score (nSPS) is 12.9. The number of aliphatic hydroxyl groups is 1. The summed E-state index contributed by atoms with van der Waals surface area (Å²) < 4.78 is 42.5. The Morgan fingerprint density at radius 1 is 1.20 bits per heavy atom. The van der Waals surface area contributed by atoms with Crippen molar-refractivity contribution in [2.24, 2.45) is 0 Å². The molecule has 86 valence electrons. The SMILES string of the molecule is O=S(=O)(CO)c1nnc(S(=O)(=O)NO)s1. The first-order valence-electron chi connectivity index (χ1n) is 3.16. The molecule has 0 aliphatic rings. The van der Waals surface area contributed by atoms with Crippen LogP contribution >= 0.6 is 11.3 Å². The van der Waals surface area contributed by atoms with E-state index in [1.54, 1.807) is 0 Å². The molecule has 0 spiro atoms. The molecule has 1 aromatic heterocycles. The lowest BCUT2D eigenvalue weighted by atomic mass is 11.5. The second-order valence-corrected chi connectivity index (χ2v) is 7.12. The number of nitrogens with one attached hydrogen (secondary N) is 1. The van der Waals surface area contributed by atoms with Crippen molar-refractivity contribution in [1.82, 2.24) is 15.1 Å². The van der Waals surface area contributed by atoms with Crippen molar-refractivity contribution in [3.8, 4) is 0 Å². The third kappa shape index (κ3) is 2.47. The monoisotopic (exact) mass is 275 g/mol. The smallest absolute Gasteiger partial charge is 0.291 e. The van der Waals surface area contributed by atoms with Gasteiger partial charge in [0.1, 0.15) is 0 Å². The topological polar surface area (TPSA) is 147 Å². The molecule has 12 heteroatoms. The van der Waals surface area contributed by atoms with Crippen molar-refractivity contribution in [2.45, 2.75) is 8.68 Å². The second-order valence-electron chi connectivity index (χ2n) is 2.17. The molecular weight excluding hydrogens is 270 g/mol. The van der Waals surface area contributed by atoms with Gasteiger partial charge in [-0.1, -0.05) is 16.2 Å². The standard InChI is InChI=1S/C3H5N3O6S3/c7-1-14(9,10)2-4-5-3(13-2)15(11,12)6-8/h6-8H,1H2. The highest BCUT2D eigenvalue weighted by Crippen LogP contribution is 2.19. The highest BCUT2D eigenvalue weighted by molar-refractivity contribution is 7.94. The molecule has 15 heavy (non-hydrogen) atoms. The molecule has 0 aliphatic carbocycles. The van der Waals surface area contributed by atoms with E-state index in [0.717, 1.165) is 4.89 Å². The van der Waals surface area contributed by atoms with Crippen LogP contribution in [0.2, 0.25) is 0 Å². The van der Waals surface area contributed by atoms with Crippen LogP contribution in [0.25, 0.3) is 0 Å². The van der Waals surface area contributed by atoms with Crippen LogP contribution < -0.4 is 4.89 Å². The molecule has 0 fully saturated rings. The molecule has 0 atom stereocenters. The predicted octanol–water partition coefficient (Wildman–Crippen LogP) is -2.07. The number of sulfonamides is 1. The van der Waals surface area contributed by atoms with E-state index >= 15 is 0 Å². The molecule has 0 amide bonds. The van der Waals surface area contributed by atoms with E-state index in [-0.39, 0.29) is 11.3 Å². The summed E-state index contributed by atoms with van der Waals surface area (Å²) >= 11 is 0.215. The Labute approximate surface area is 88.3 Å². The van der Waals surface area contributed by atoms with Gasteiger partial charge in [0.25, 0.3) is 14.4 Å². The molecule has 1 heterocycles. The van der Waals surface area contributed by atoms with Gasteiger partial charge in [-0.2, -0.15) is 0 Å². The van der Waals surface area contributed by atoms with Crippen LogP contribution in [0.3, 0.4) is 0 Å². The van der Waals surface area contributed by atoms with Crippen LogP contribution in [-0.4, -0.2) is 43.3 Å². The van der Waals surface area contributed by atoms with Crippen molar-refractivity contribution in [1.29, 1.82) is 0 Å². The minimum atomic E-state index is -4.24. The molecule has 1 rings (SSSR count). The zero-order valence-corrected chi connectivity index (χ0v) is 9.30. The van der Waals surface area contributed by atoms with Crippen LogP contribution in [0.4, 0.5) is 0 Å². The van der Waals surface area contributed by atoms with Gasteiger partial charge in [0.15, 0.2) is 5.94 Å². The summed E-state index contributed by atoms with van der Waals surface area (Å²) in [5.74, 6) is -1.20. The maximum Gasteiger partial charge on any atom is 0.291 e. The van der Waals surface area contributed by atoms with Gasteiger partial charge >= 0.3 is 0 Å². The van der Waals surface area contributed by atoms with Crippen LogP contribution in [0.15, 0.2) is 8.68 Å². The van der Waals surface area contributed by atoms with Crippen molar-refractivity contribution < 1.29 is 27.1 Å². The number of aliphatic hydroxyl groups excluding tert-OH is 1. The molecule has 9 nitrogen and oxygen atoms in total. The van der Waals surface area contributed by atoms with Crippen molar-refractivity contribution >= 4 is 31.2 Å². The molecule has 0 radical (unpaired) electrons. The van der Waals surface area contributed by atoms with E-state index in [1.807, 2.05) is 0 Å². The van der Waals surface area contributed by atoms with Crippen LogP contribution in [0.1, 0.15) is 0 Å². The lowest BCUT2D eigenvalue weighted by Crippen LogP contribution is -2.19. The van der Waals surface area contributed by atoms with E-state index in [4.69, 9.17) is 10.3 Å². The summed E-state index contributed by atoms with van der Waals surface area (Å²) in [7, 11) is -8.26. The number of hydrogen-bond acceptors (Lipinski definition) is 9. The summed E-state index contributed by atoms with van der Waals surface area (Å²) in [4.78, 5) is 0.963. The quantitative estimate of drug-likeness (QED) is 0.531.